The van der Waals surface area contributed by atoms with Crippen LogP contribution in [-0.4, -0.2) is 15.2 Å². The average molecular weight is 365 g/mol. The molecule has 0 aliphatic carbocycles. The van der Waals surface area contributed by atoms with E-state index in [1.165, 1.54) is 11.4 Å². The van der Waals surface area contributed by atoms with E-state index in [2.05, 4.69) is 81.6 Å². The first-order chi connectivity index (χ1) is 9.20. The highest BCUT2D eigenvalue weighted by Crippen LogP contribution is 2.45. The zero-order valence-electron chi connectivity index (χ0n) is 11.0. The fraction of sp³-hybridized carbons (Fsp3) is 0.267. The van der Waals surface area contributed by atoms with Crippen LogP contribution in [0.5, 0.6) is 0 Å². The van der Waals surface area contributed by atoms with E-state index in [0.717, 1.165) is 5.82 Å². The molecule has 0 amide bonds. The lowest BCUT2D eigenvalue weighted by molar-refractivity contribution is 0.696. The van der Waals surface area contributed by atoms with E-state index >= 15 is 0 Å². The smallest absolute Gasteiger partial charge is 0.161 e. The predicted molar refractivity (Wildman–Crippen MR) is 88.2 cm³/mol. The number of anilines is 3. The van der Waals surface area contributed by atoms with E-state index in [4.69, 9.17) is 0 Å². The van der Waals surface area contributed by atoms with Gasteiger partial charge in [-0.3, -0.25) is 4.90 Å². The number of pyridine rings is 1. The Balaban J connectivity index is 2.12. The third-order valence-electron chi connectivity index (χ3n) is 3.31. The number of fused-ring (bicyclic) bond motifs is 1. The SMILES string of the molecule is CC(C)N1c2cccnc2N(c2ccccc2)C1I. The van der Waals surface area contributed by atoms with Gasteiger partial charge in [0.2, 0.25) is 0 Å². The molecule has 19 heavy (non-hydrogen) atoms. The van der Waals surface area contributed by atoms with Crippen molar-refractivity contribution < 1.29 is 0 Å². The highest BCUT2D eigenvalue weighted by atomic mass is 127. The van der Waals surface area contributed by atoms with E-state index in [1.54, 1.807) is 0 Å². The number of hydrogen-bond acceptors (Lipinski definition) is 3. The molecular formula is C15H16IN3. The summed E-state index contributed by atoms with van der Waals surface area (Å²) in [5.41, 5.74) is 2.39. The van der Waals surface area contributed by atoms with Crippen molar-refractivity contribution in [2.75, 3.05) is 9.80 Å². The number of aromatic nitrogens is 1. The molecule has 1 unspecified atom stereocenters. The molecule has 1 atom stereocenters. The molecule has 98 valence electrons. The van der Waals surface area contributed by atoms with Crippen molar-refractivity contribution in [1.82, 2.24) is 4.98 Å². The second kappa shape index (κ2) is 5.00. The lowest BCUT2D eigenvalue weighted by Crippen LogP contribution is -2.40. The van der Waals surface area contributed by atoms with Gasteiger partial charge in [-0.1, -0.05) is 18.2 Å². The molecule has 0 radical (unpaired) electrons. The molecule has 1 aromatic heterocycles. The Morgan fingerprint density at radius 1 is 1.11 bits per heavy atom. The zero-order chi connectivity index (χ0) is 13.4. The molecule has 3 nitrogen and oxygen atoms in total. The summed E-state index contributed by atoms with van der Waals surface area (Å²) in [5.74, 6) is 1.04. The fourth-order valence-electron chi connectivity index (χ4n) is 2.47. The summed E-state index contributed by atoms with van der Waals surface area (Å²) in [6.45, 7) is 4.44. The van der Waals surface area contributed by atoms with Crippen molar-refractivity contribution in [1.29, 1.82) is 0 Å². The highest BCUT2D eigenvalue weighted by molar-refractivity contribution is 14.1. The van der Waals surface area contributed by atoms with Gasteiger partial charge in [-0.25, -0.2) is 4.98 Å². The zero-order valence-corrected chi connectivity index (χ0v) is 13.2. The van der Waals surface area contributed by atoms with Gasteiger partial charge in [-0.2, -0.15) is 0 Å². The van der Waals surface area contributed by atoms with Crippen molar-refractivity contribution in [2.24, 2.45) is 0 Å². The van der Waals surface area contributed by atoms with Crippen molar-refractivity contribution >= 4 is 39.8 Å². The van der Waals surface area contributed by atoms with Gasteiger partial charge < -0.3 is 4.90 Å². The van der Waals surface area contributed by atoms with E-state index in [9.17, 15) is 0 Å². The third kappa shape index (κ3) is 2.08. The Morgan fingerprint density at radius 2 is 1.84 bits per heavy atom. The van der Waals surface area contributed by atoms with Gasteiger partial charge in [-0.05, 0) is 60.7 Å². The van der Waals surface area contributed by atoms with Crippen LogP contribution in [0, 0.1) is 0 Å². The molecule has 1 aliphatic rings. The number of nitrogens with zero attached hydrogens (tertiary/aromatic N) is 3. The molecule has 0 fully saturated rings. The van der Waals surface area contributed by atoms with Crippen LogP contribution in [-0.2, 0) is 0 Å². The van der Waals surface area contributed by atoms with Crippen LogP contribution in [0.2, 0.25) is 0 Å². The van der Waals surface area contributed by atoms with Crippen molar-refractivity contribution in [2.45, 2.75) is 24.1 Å². The standard InChI is InChI=1S/C15H16IN3/c1-11(2)18-13-9-6-10-17-14(13)19(15(18)16)12-7-4-3-5-8-12/h3-11,15H,1-2H3. The summed E-state index contributed by atoms with van der Waals surface area (Å²) in [6.07, 6.45) is 1.86. The Bertz CT molecular complexity index is 571. The second-order valence-electron chi connectivity index (χ2n) is 4.86. The summed E-state index contributed by atoms with van der Waals surface area (Å²) < 4.78 is 0.255. The molecule has 2 aromatic rings. The van der Waals surface area contributed by atoms with Crippen LogP contribution in [0.1, 0.15) is 13.8 Å². The number of halogens is 1. The summed E-state index contributed by atoms with van der Waals surface area (Å²) in [5, 5.41) is 0. The summed E-state index contributed by atoms with van der Waals surface area (Å²) >= 11 is 2.48. The molecule has 3 rings (SSSR count). The van der Waals surface area contributed by atoms with Gasteiger partial charge >= 0.3 is 0 Å². The van der Waals surface area contributed by atoms with Gasteiger partial charge in [0.1, 0.15) is 0 Å². The van der Waals surface area contributed by atoms with Gasteiger partial charge in [-0.15, -0.1) is 0 Å². The maximum absolute atomic E-state index is 4.58. The lowest BCUT2D eigenvalue weighted by atomic mass is 10.3. The third-order valence-corrected chi connectivity index (χ3v) is 4.46. The number of benzene rings is 1. The van der Waals surface area contributed by atoms with Crippen molar-refractivity contribution in [3.8, 4) is 0 Å². The highest BCUT2D eigenvalue weighted by Gasteiger charge is 2.37. The Hall–Kier alpha value is -1.30. The Labute approximate surface area is 127 Å². The molecule has 0 saturated heterocycles. The number of para-hydroxylation sites is 1. The molecule has 2 heterocycles. The maximum Gasteiger partial charge on any atom is 0.161 e. The van der Waals surface area contributed by atoms with Gasteiger partial charge in [0.25, 0.3) is 0 Å². The number of alkyl halides is 1. The topological polar surface area (TPSA) is 19.4 Å². The fourth-order valence-corrected chi connectivity index (χ4v) is 4.00. The minimum atomic E-state index is 0.255. The van der Waals surface area contributed by atoms with Gasteiger partial charge in [0.15, 0.2) is 9.99 Å². The van der Waals surface area contributed by atoms with Crippen LogP contribution in [0.15, 0.2) is 48.7 Å². The molecule has 1 aromatic carbocycles. The van der Waals surface area contributed by atoms with Crippen molar-refractivity contribution in [3.05, 3.63) is 48.7 Å². The van der Waals surface area contributed by atoms with Crippen molar-refractivity contribution in [3.63, 3.8) is 0 Å². The van der Waals surface area contributed by atoms with Crippen LogP contribution >= 0.6 is 22.6 Å². The normalized spacial score (nSPS) is 18.0. The summed E-state index contributed by atoms with van der Waals surface area (Å²) in [4.78, 5) is 9.27. The van der Waals surface area contributed by atoms with E-state index < -0.39 is 0 Å². The van der Waals surface area contributed by atoms with Crippen LogP contribution < -0.4 is 9.80 Å². The molecule has 0 N–H and O–H groups in total. The molecule has 1 aliphatic heterocycles. The lowest BCUT2D eigenvalue weighted by Gasteiger charge is -2.30. The summed E-state index contributed by atoms with van der Waals surface area (Å²) in [6, 6.07) is 15.0. The first-order valence-electron chi connectivity index (χ1n) is 6.42. The monoisotopic (exact) mass is 365 g/mol. The predicted octanol–water partition coefficient (Wildman–Crippen LogP) is 4.17. The molecule has 0 saturated carbocycles. The molecule has 0 spiro atoms. The largest absolute Gasteiger partial charge is 0.337 e. The van der Waals surface area contributed by atoms with Crippen LogP contribution in [0.25, 0.3) is 0 Å². The van der Waals surface area contributed by atoms with Crippen LogP contribution in [0.4, 0.5) is 17.2 Å². The van der Waals surface area contributed by atoms with E-state index in [-0.39, 0.29) is 4.17 Å². The second-order valence-corrected chi connectivity index (χ2v) is 5.98. The van der Waals surface area contributed by atoms with Gasteiger partial charge in [0, 0.05) is 17.9 Å². The average Bonchev–Trinajstić information content (AvgIpc) is 2.71. The van der Waals surface area contributed by atoms with E-state index in [1.807, 2.05) is 18.3 Å². The first-order valence-corrected chi connectivity index (χ1v) is 7.66. The first kappa shape index (κ1) is 12.7. The minimum Gasteiger partial charge on any atom is -0.337 e. The molecule has 4 heteroatoms. The minimum absolute atomic E-state index is 0.255. The number of hydrogen-bond donors (Lipinski definition) is 0. The molecular weight excluding hydrogens is 349 g/mol. The Morgan fingerprint density at radius 3 is 2.53 bits per heavy atom. The summed E-state index contributed by atoms with van der Waals surface area (Å²) in [7, 11) is 0. The molecule has 0 bridgehead atoms. The van der Waals surface area contributed by atoms with Gasteiger partial charge in [0.05, 0.1) is 5.69 Å². The Kier molecular flexibility index (Phi) is 3.35. The number of rotatable bonds is 2. The van der Waals surface area contributed by atoms with Crippen LogP contribution in [0.3, 0.4) is 0 Å². The quantitative estimate of drug-likeness (QED) is 0.453. The van der Waals surface area contributed by atoms with E-state index in [0.29, 0.717) is 6.04 Å². The maximum atomic E-state index is 4.58.